The van der Waals surface area contributed by atoms with Gasteiger partial charge in [0.05, 0.1) is 6.54 Å². The van der Waals surface area contributed by atoms with Gasteiger partial charge in [0, 0.05) is 12.5 Å². The summed E-state index contributed by atoms with van der Waals surface area (Å²) in [5.74, 6) is 1.18. The van der Waals surface area contributed by atoms with E-state index < -0.39 is 5.60 Å². The number of aliphatic hydroxyl groups is 1. The molecule has 0 spiro atoms. The lowest BCUT2D eigenvalue weighted by Crippen LogP contribution is -2.55. The molecule has 22 heavy (non-hydrogen) atoms. The van der Waals surface area contributed by atoms with Gasteiger partial charge in [-0.25, -0.2) is 0 Å². The molecule has 0 bridgehead atoms. The average molecular weight is 303 g/mol. The van der Waals surface area contributed by atoms with E-state index in [1.165, 1.54) is 5.56 Å². The fraction of sp³-hybridized carbons (Fsp3) is 0.611. The Bertz CT molecular complexity index is 524. The van der Waals surface area contributed by atoms with Crippen molar-refractivity contribution in [3.63, 3.8) is 0 Å². The first-order valence-electron chi connectivity index (χ1n) is 8.26. The SMILES string of the molecule is Cc1ccc(OCC2(O)CCCN(C(=O)C3CCC3)C2)cc1. The first kappa shape index (κ1) is 15.3. The second kappa shape index (κ2) is 6.29. The summed E-state index contributed by atoms with van der Waals surface area (Å²) < 4.78 is 5.74. The van der Waals surface area contributed by atoms with Gasteiger partial charge in [-0.2, -0.15) is 0 Å². The van der Waals surface area contributed by atoms with Crippen molar-refractivity contribution in [3.8, 4) is 5.75 Å². The van der Waals surface area contributed by atoms with E-state index in [2.05, 4.69) is 0 Å². The van der Waals surface area contributed by atoms with Gasteiger partial charge in [0.25, 0.3) is 0 Å². The van der Waals surface area contributed by atoms with E-state index in [1.807, 2.05) is 36.1 Å². The molecule has 1 amide bonds. The minimum Gasteiger partial charge on any atom is -0.491 e. The Morgan fingerprint density at radius 1 is 1.32 bits per heavy atom. The molecule has 0 radical (unpaired) electrons. The van der Waals surface area contributed by atoms with Gasteiger partial charge < -0.3 is 14.7 Å². The smallest absolute Gasteiger partial charge is 0.225 e. The number of rotatable bonds is 4. The molecule has 1 saturated heterocycles. The highest BCUT2D eigenvalue weighted by Crippen LogP contribution is 2.31. The lowest BCUT2D eigenvalue weighted by atomic mass is 9.83. The number of nitrogens with zero attached hydrogens (tertiary/aromatic N) is 1. The summed E-state index contributed by atoms with van der Waals surface area (Å²) in [6.07, 6.45) is 4.70. The van der Waals surface area contributed by atoms with Crippen LogP contribution in [0.2, 0.25) is 0 Å². The molecule has 4 nitrogen and oxygen atoms in total. The van der Waals surface area contributed by atoms with Crippen LogP contribution in [0.1, 0.15) is 37.7 Å². The minimum atomic E-state index is -0.928. The standard InChI is InChI=1S/C18H25NO3/c1-14-6-8-16(9-7-14)22-13-18(21)10-3-11-19(12-18)17(20)15-4-2-5-15/h6-9,15,21H,2-5,10-13H2,1H3. The van der Waals surface area contributed by atoms with E-state index >= 15 is 0 Å². The summed E-state index contributed by atoms with van der Waals surface area (Å²) in [6.45, 7) is 3.43. The topological polar surface area (TPSA) is 49.8 Å². The number of ether oxygens (including phenoxy) is 1. The Labute approximate surface area is 132 Å². The number of likely N-dealkylation sites (tertiary alicyclic amines) is 1. The number of carbonyl (C=O) groups excluding carboxylic acids is 1. The van der Waals surface area contributed by atoms with Crippen LogP contribution in [0.25, 0.3) is 0 Å². The van der Waals surface area contributed by atoms with Gasteiger partial charge in [0.2, 0.25) is 5.91 Å². The van der Waals surface area contributed by atoms with E-state index in [4.69, 9.17) is 4.74 Å². The fourth-order valence-corrected chi connectivity index (χ4v) is 3.18. The van der Waals surface area contributed by atoms with Crippen LogP contribution in [-0.4, -0.2) is 41.2 Å². The van der Waals surface area contributed by atoms with Crippen LogP contribution in [0.3, 0.4) is 0 Å². The number of amides is 1. The molecule has 1 aliphatic carbocycles. The fourth-order valence-electron chi connectivity index (χ4n) is 3.18. The van der Waals surface area contributed by atoms with Crippen LogP contribution < -0.4 is 4.74 Å². The lowest BCUT2D eigenvalue weighted by molar-refractivity contribution is -0.146. The maximum atomic E-state index is 12.4. The molecule has 120 valence electrons. The van der Waals surface area contributed by atoms with E-state index in [1.54, 1.807) is 0 Å². The molecule has 4 heteroatoms. The molecule has 1 aromatic rings. The first-order chi connectivity index (χ1) is 10.6. The molecule has 1 saturated carbocycles. The predicted octanol–water partition coefficient (Wildman–Crippen LogP) is 2.53. The Morgan fingerprint density at radius 2 is 2.05 bits per heavy atom. The molecule has 0 aromatic heterocycles. The number of hydrogen-bond donors (Lipinski definition) is 1. The van der Waals surface area contributed by atoms with Crippen molar-refractivity contribution in [2.24, 2.45) is 5.92 Å². The van der Waals surface area contributed by atoms with E-state index in [0.29, 0.717) is 13.0 Å². The second-order valence-electron chi connectivity index (χ2n) is 6.82. The Balaban J connectivity index is 1.57. The van der Waals surface area contributed by atoms with Crippen molar-refractivity contribution in [3.05, 3.63) is 29.8 Å². The molecule has 1 aromatic carbocycles. The Kier molecular flexibility index (Phi) is 4.39. The summed E-state index contributed by atoms with van der Waals surface area (Å²) in [7, 11) is 0. The number of carbonyl (C=O) groups is 1. The highest BCUT2D eigenvalue weighted by molar-refractivity contribution is 5.79. The van der Waals surface area contributed by atoms with Gasteiger partial charge >= 0.3 is 0 Å². The highest BCUT2D eigenvalue weighted by atomic mass is 16.5. The van der Waals surface area contributed by atoms with Crippen LogP contribution in [0, 0.1) is 12.8 Å². The van der Waals surface area contributed by atoms with Crippen LogP contribution in [-0.2, 0) is 4.79 Å². The zero-order valence-corrected chi connectivity index (χ0v) is 13.3. The number of piperidine rings is 1. The van der Waals surface area contributed by atoms with Gasteiger partial charge in [-0.15, -0.1) is 0 Å². The van der Waals surface area contributed by atoms with Crippen molar-refractivity contribution in [1.82, 2.24) is 4.90 Å². The average Bonchev–Trinajstić information content (AvgIpc) is 2.45. The monoisotopic (exact) mass is 303 g/mol. The number of aryl methyl sites for hydroxylation is 1. The van der Waals surface area contributed by atoms with E-state index in [-0.39, 0.29) is 18.4 Å². The maximum Gasteiger partial charge on any atom is 0.225 e. The predicted molar refractivity (Wildman–Crippen MR) is 84.8 cm³/mol. The molecule has 2 aliphatic rings. The molecular weight excluding hydrogens is 278 g/mol. The van der Waals surface area contributed by atoms with Crippen molar-refractivity contribution >= 4 is 5.91 Å². The third-order valence-electron chi connectivity index (χ3n) is 4.85. The van der Waals surface area contributed by atoms with Crippen molar-refractivity contribution in [2.45, 2.75) is 44.6 Å². The third-order valence-corrected chi connectivity index (χ3v) is 4.85. The quantitative estimate of drug-likeness (QED) is 0.930. The van der Waals surface area contributed by atoms with Gasteiger partial charge in [0.15, 0.2) is 0 Å². The zero-order valence-electron chi connectivity index (χ0n) is 13.3. The summed E-state index contributed by atoms with van der Waals surface area (Å²) in [6, 6.07) is 7.82. The molecule has 1 heterocycles. The van der Waals surface area contributed by atoms with Gasteiger partial charge in [0.1, 0.15) is 18.0 Å². The molecule has 3 rings (SSSR count). The van der Waals surface area contributed by atoms with E-state index in [9.17, 15) is 9.90 Å². The number of benzene rings is 1. The number of hydrogen-bond acceptors (Lipinski definition) is 3. The van der Waals surface area contributed by atoms with Gasteiger partial charge in [-0.05, 0) is 44.7 Å². The Hall–Kier alpha value is -1.55. The van der Waals surface area contributed by atoms with E-state index in [0.717, 1.165) is 38.0 Å². The highest BCUT2D eigenvalue weighted by Gasteiger charge is 2.39. The lowest BCUT2D eigenvalue weighted by Gasteiger charge is -2.41. The van der Waals surface area contributed by atoms with Gasteiger partial charge in [-0.1, -0.05) is 24.1 Å². The molecule has 2 fully saturated rings. The third kappa shape index (κ3) is 3.43. The summed E-state index contributed by atoms with van der Waals surface area (Å²) in [5, 5.41) is 10.8. The van der Waals surface area contributed by atoms with Crippen molar-refractivity contribution in [2.75, 3.05) is 19.7 Å². The van der Waals surface area contributed by atoms with Crippen LogP contribution in [0.4, 0.5) is 0 Å². The van der Waals surface area contributed by atoms with Crippen LogP contribution in [0.5, 0.6) is 5.75 Å². The normalized spacial score (nSPS) is 25.6. The molecule has 1 aliphatic heterocycles. The van der Waals surface area contributed by atoms with Crippen molar-refractivity contribution < 1.29 is 14.6 Å². The van der Waals surface area contributed by atoms with Gasteiger partial charge in [-0.3, -0.25) is 4.79 Å². The second-order valence-corrected chi connectivity index (χ2v) is 6.82. The van der Waals surface area contributed by atoms with Crippen molar-refractivity contribution in [1.29, 1.82) is 0 Å². The Morgan fingerprint density at radius 3 is 2.68 bits per heavy atom. The first-order valence-corrected chi connectivity index (χ1v) is 8.26. The maximum absolute atomic E-state index is 12.4. The molecule has 1 atom stereocenters. The minimum absolute atomic E-state index is 0.195. The number of β-amino-alcohol motifs (C(OH)–C–C–N with tert-alkyl or cyclic N) is 1. The van der Waals surface area contributed by atoms with Crippen LogP contribution in [0.15, 0.2) is 24.3 Å². The zero-order chi connectivity index (χ0) is 15.6. The largest absolute Gasteiger partial charge is 0.491 e. The summed E-state index contributed by atoms with van der Waals surface area (Å²) in [5.41, 5.74) is 0.253. The van der Waals surface area contributed by atoms with Crippen LogP contribution >= 0.6 is 0 Å². The molecule has 1 N–H and O–H groups in total. The molecule has 1 unspecified atom stereocenters. The molecular formula is C18H25NO3. The summed E-state index contributed by atoms with van der Waals surface area (Å²) >= 11 is 0. The summed E-state index contributed by atoms with van der Waals surface area (Å²) in [4.78, 5) is 14.2.